The molecule has 1 saturated heterocycles. The van der Waals surface area contributed by atoms with Crippen molar-refractivity contribution in [3.8, 4) is 11.5 Å². The Balaban J connectivity index is 1.60. The molecule has 0 aliphatic carbocycles. The van der Waals surface area contributed by atoms with Crippen LogP contribution in [0.4, 0.5) is 4.79 Å². The van der Waals surface area contributed by atoms with E-state index < -0.39 is 11.6 Å². The summed E-state index contributed by atoms with van der Waals surface area (Å²) in [6.07, 6.45) is 0.380. The highest BCUT2D eigenvalue weighted by molar-refractivity contribution is 6.08. The molecule has 3 heterocycles. The number of nitrogens with zero attached hydrogens (tertiary/aromatic N) is 2. The summed E-state index contributed by atoms with van der Waals surface area (Å²) in [5.41, 5.74) is 2.42. The SMILES string of the molecule is CCOc1ccc2[nH]c3c(c2c1)C[C@@]1(C)C(=O)N(CCNCCOC)C(=O)N1[C@@H]3c1cccc(O)c1. The number of carbonyl (C=O) groups is 2. The van der Waals surface area contributed by atoms with Gasteiger partial charge in [-0.2, -0.15) is 0 Å². The summed E-state index contributed by atoms with van der Waals surface area (Å²) in [7, 11) is 1.63. The minimum absolute atomic E-state index is 0.105. The maximum Gasteiger partial charge on any atom is 0.328 e. The topological polar surface area (TPSA) is 107 Å². The van der Waals surface area contributed by atoms with Gasteiger partial charge in [-0.15, -0.1) is 0 Å². The number of amides is 3. The number of fused-ring (bicyclic) bond motifs is 4. The average molecular weight is 493 g/mol. The normalized spacial score (nSPS) is 21.2. The number of ether oxygens (including phenoxy) is 2. The Morgan fingerprint density at radius 3 is 2.78 bits per heavy atom. The Kier molecular flexibility index (Phi) is 6.36. The van der Waals surface area contributed by atoms with E-state index in [1.54, 1.807) is 30.2 Å². The van der Waals surface area contributed by atoms with Gasteiger partial charge in [0.25, 0.3) is 5.91 Å². The Labute approximate surface area is 210 Å². The number of phenols is 1. The molecular weight excluding hydrogens is 460 g/mol. The number of imide groups is 1. The van der Waals surface area contributed by atoms with E-state index in [1.807, 2.05) is 38.1 Å². The number of aromatic hydroxyl groups is 1. The number of methoxy groups -OCH3 is 1. The van der Waals surface area contributed by atoms with E-state index in [0.717, 1.165) is 33.5 Å². The highest BCUT2D eigenvalue weighted by atomic mass is 16.5. The molecule has 9 heteroatoms. The van der Waals surface area contributed by atoms with Crippen molar-refractivity contribution < 1.29 is 24.2 Å². The van der Waals surface area contributed by atoms with Gasteiger partial charge in [-0.3, -0.25) is 14.6 Å². The average Bonchev–Trinajstić information content (AvgIpc) is 3.30. The Morgan fingerprint density at radius 2 is 2.03 bits per heavy atom. The summed E-state index contributed by atoms with van der Waals surface area (Å²) < 4.78 is 10.8. The van der Waals surface area contributed by atoms with Crippen LogP contribution in [0.1, 0.15) is 36.7 Å². The monoisotopic (exact) mass is 492 g/mol. The standard InChI is InChI=1S/C27H32N4O5/c1-4-36-19-8-9-22-20(15-19)21-16-27(2)25(33)30(12-10-28-11-13-35-3)26(34)31(27)24(23(21)29-22)17-6-5-7-18(32)14-17/h5-9,14-15,24,28-29,32H,4,10-13,16H2,1-3H3/t24-,27+/m1/s1. The smallest absolute Gasteiger partial charge is 0.328 e. The van der Waals surface area contributed by atoms with Gasteiger partial charge in [0, 0.05) is 49.8 Å². The van der Waals surface area contributed by atoms with Crippen molar-refractivity contribution in [3.63, 3.8) is 0 Å². The molecule has 2 aromatic carbocycles. The van der Waals surface area contributed by atoms with Crippen molar-refractivity contribution in [1.29, 1.82) is 0 Å². The molecule has 9 nitrogen and oxygen atoms in total. The molecule has 3 N–H and O–H groups in total. The highest BCUT2D eigenvalue weighted by Crippen LogP contribution is 2.49. The molecule has 36 heavy (non-hydrogen) atoms. The van der Waals surface area contributed by atoms with E-state index >= 15 is 0 Å². The maximum atomic E-state index is 13.8. The molecule has 3 aromatic rings. The van der Waals surface area contributed by atoms with Gasteiger partial charge in [-0.25, -0.2) is 4.79 Å². The van der Waals surface area contributed by atoms with E-state index in [1.165, 1.54) is 4.90 Å². The number of rotatable bonds is 9. The van der Waals surface area contributed by atoms with Crippen molar-refractivity contribution in [2.75, 3.05) is 40.0 Å². The first-order valence-electron chi connectivity index (χ1n) is 12.3. The maximum absolute atomic E-state index is 13.8. The number of H-pyrrole nitrogens is 1. The largest absolute Gasteiger partial charge is 0.508 e. The number of hydrogen-bond donors (Lipinski definition) is 3. The molecule has 0 bridgehead atoms. The van der Waals surface area contributed by atoms with Crippen LogP contribution in [0.25, 0.3) is 10.9 Å². The van der Waals surface area contributed by atoms with Crippen molar-refractivity contribution >= 4 is 22.8 Å². The van der Waals surface area contributed by atoms with Crippen molar-refractivity contribution in [3.05, 3.63) is 59.3 Å². The fraction of sp³-hybridized carbons (Fsp3) is 0.407. The zero-order chi connectivity index (χ0) is 25.4. The van der Waals surface area contributed by atoms with Crippen molar-refractivity contribution in [2.45, 2.75) is 31.8 Å². The first-order valence-corrected chi connectivity index (χ1v) is 12.3. The summed E-state index contributed by atoms with van der Waals surface area (Å²) in [6.45, 7) is 6.27. The number of nitrogens with one attached hydrogen (secondary N) is 2. The summed E-state index contributed by atoms with van der Waals surface area (Å²) in [5, 5.41) is 14.4. The van der Waals surface area contributed by atoms with Crippen LogP contribution in [-0.2, 0) is 16.0 Å². The minimum atomic E-state index is -1.07. The predicted molar refractivity (Wildman–Crippen MR) is 135 cm³/mol. The molecule has 1 fully saturated rings. The summed E-state index contributed by atoms with van der Waals surface area (Å²) >= 11 is 0. The number of benzene rings is 2. The third-order valence-electron chi connectivity index (χ3n) is 7.13. The fourth-order valence-electron chi connectivity index (χ4n) is 5.48. The minimum Gasteiger partial charge on any atom is -0.508 e. The first kappa shape index (κ1) is 24.1. The summed E-state index contributed by atoms with van der Waals surface area (Å²) in [4.78, 5) is 34.1. The highest BCUT2D eigenvalue weighted by Gasteiger charge is 2.60. The third kappa shape index (κ3) is 3.88. The van der Waals surface area contributed by atoms with Crippen LogP contribution in [-0.4, -0.2) is 77.3 Å². The summed E-state index contributed by atoms with van der Waals surface area (Å²) in [6, 6.07) is 11.9. The lowest BCUT2D eigenvalue weighted by molar-refractivity contribution is -0.133. The van der Waals surface area contributed by atoms with Gasteiger partial charge in [0.05, 0.1) is 13.2 Å². The van der Waals surface area contributed by atoms with Gasteiger partial charge in [0.2, 0.25) is 0 Å². The van der Waals surface area contributed by atoms with E-state index in [4.69, 9.17) is 9.47 Å². The van der Waals surface area contributed by atoms with Crippen LogP contribution in [0.15, 0.2) is 42.5 Å². The second-order valence-electron chi connectivity index (χ2n) is 9.46. The lowest BCUT2D eigenvalue weighted by atomic mass is 9.81. The second kappa shape index (κ2) is 9.48. The number of aromatic amines is 1. The number of aromatic nitrogens is 1. The molecule has 3 amide bonds. The zero-order valence-corrected chi connectivity index (χ0v) is 20.8. The summed E-state index contributed by atoms with van der Waals surface area (Å²) in [5.74, 6) is 0.645. The third-order valence-corrected chi connectivity index (χ3v) is 7.13. The quantitative estimate of drug-likeness (QED) is 0.313. The first-order chi connectivity index (χ1) is 17.4. The van der Waals surface area contributed by atoms with Gasteiger partial charge in [0.15, 0.2) is 0 Å². The Bertz CT molecular complexity index is 1300. The number of hydrogen-bond acceptors (Lipinski definition) is 6. The van der Waals surface area contributed by atoms with Crippen molar-refractivity contribution in [2.24, 2.45) is 0 Å². The van der Waals surface area contributed by atoms with Crippen LogP contribution in [0.3, 0.4) is 0 Å². The van der Waals surface area contributed by atoms with Crippen LogP contribution in [0.5, 0.6) is 11.5 Å². The van der Waals surface area contributed by atoms with Gasteiger partial charge < -0.3 is 24.9 Å². The molecule has 5 rings (SSSR count). The number of urea groups is 1. The van der Waals surface area contributed by atoms with Crippen LogP contribution in [0.2, 0.25) is 0 Å². The van der Waals surface area contributed by atoms with Gasteiger partial charge in [-0.1, -0.05) is 12.1 Å². The molecule has 2 atom stereocenters. The van der Waals surface area contributed by atoms with Gasteiger partial charge in [0.1, 0.15) is 23.1 Å². The van der Waals surface area contributed by atoms with Crippen molar-refractivity contribution in [1.82, 2.24) is 20.1 Å². The zero-order valence-electron chi connectivity index (χ0n) is 20.8. The predicted octanol–water partition coefficient (Wildman–Crippen LogP) is 3.18. The molecule has 190 valence electrons. The van der Waals surface area contributed by atoms with Crippen LogP contribution in [0, 0.1) is 0 Å². The molecule has 0 saturated carbocycles. The van der Waals surface area contributed by atoms with Crippen LogP contribution < -0.4 is 10.1 Å². The second-order valence-corrected chi connectivity index (χ2v) is 9.46. The van der Waals surface area contributed by atoms with Crippen LogP contribution >= 0.6 is 0 Å². The Morgan fingerprint density at radius 1 is 1.19 bits per heavy atom. The Hall–Kier alpha value is -3.56. The molecule has 2 aliphatic heterocycles. The van der Waals surface area contributed by atoms with E-state index in [2.05, 4.69) is 10.3 Å². The lowest BCUT2D eigenvalue weighted by Crippen LogP contribution is -2.53. The number of phenolic OH excluding ortho intramolecular Hbond substituents is 1. The number of carbonyl (C=O) groups excluding carboxylic acids is 2. The van der Waals surface area contributed by atoms with E-state index in [9.17, 15) is 14.7 Å². The van der Waals surface area contributed by atoms with E-state index in [-0.39, 0.29) is 24.2 Å². The molecule has 0 radical (unpaired) electrons. The van der Waals surface area contributed by atoms with Gasteiger partial charge >= 0.3 is 6.03 Å². The molecule has 2 aliphatic rings. The molecule has 0 spiro atoms. The molecular formula is C27H32N4O5. The fourth-order valence-corrected chi connectivity index (χ4v) is 5.48. The molecule has 1 aromatic heterocycles. The van der Waals surface area contributed by atoms with Gasteiger partial charge in [-0.05, 0) is 55.3 Å². The lowest BCUT2D eigenvalue weighted by Gasteiger charge is -2.42. The molecule has 0 unspecified atom stereocenters. The van der Waals surface area contributed by atoms with E-state index in [0.29, 0.717) is 32.7 Å².